The fourth-order valence-corrected chi connectivity index (χ4v) is 3.58. The van der Waals surface area contributed by atoms with Crippen molar-refractivity contribution >= 4 is 21.8 Å². The van der Waals surface area contributed by atoms with E-state index in [1.165, 1.54) is 0 Å². The van der Waals surface area contributed by atoms with Gasteiger partial charge in [-0.05, 0) is 49.1 Å². The average molecular weight is 426 g/mol. The molecule has 2 aromatic carbocycles. The summed E-state index contributed by atoms with van der Waals surface area (Å²) in [5.41, 5.74) is 5.41. The summed E-state index contributed by atoms with van der Waals surface area (Å²) in [6, 6.07) is 18.0. The van der Waals surface area contributed by atoms with Crippen molar-refractivity contribution in [3.8, 4) is 0 Å². The lowest BCUT2D eigenvalue weighted by Gasteiger charge is -2.20. The largest absolute Gasteiger partial charge is 0.345 e. The maximum atomic E-state index is 12.7. The molecule has 3 rings (SSSR count). The molecule has 4 nitrogen and oxygen atoms in total. The molecule has 1 amide bonds. The third-order valence-corrected chi connectivity index (χ3v) is 5.43. The SMILES string of the molecule is Cc1nn(C)c(C)c1CCC(=O)N[C@@H](c1ccccc1)c1ccc(Br)cc1. The van der Waals surface area contributed by atoms with Gasteiger partial charge in [0.15, 0.2) is 0 Å². The van der Waals surface area contributed by atoms with Crippen LogP contribution in [0.5, 0.6) is 0 Å². The van der Waals surface area contributed by atoms with Crippen LogP contribution < -0.4 is 5.32 Å². The fraction of sp³-hybridized carbons (Fsp3) is 0.273. The third kappa shape index (κ3) is 4.66. The molecule has 1 N–H and O–H groups in total. The lowest BCUT2D eigenvalue weighted by Crippen LogP contribution is -2.29. The van der Waals surface area contributed by atoms with Crippen molar-refractivity contribution in [2.24, 2.45) is 7.05 Å². The first-order valence-corrected chi connectivity index (χ1v) is 9.84. The number of carbonyl (C=O) groups is 1. The van der Waals surface area contributed by atoms with E-state index in [4.69, 9.17) is 0 Å². The van der Waals surface area contributed by atoms with E-state index in [0.717, 1.165) is 32.6 Å². The maximum Gasteiger partial charge on any atom is 0.221 e. The minimum Gasteiger partial charge on any atom is -0.345 e. The number of nitrogens with one attached hydrogen (secondary N) is 1. The fourth-order valence-electron chi connectivity index (χ4n) is 3.31. The number of hydrogen-bond donors (Lipinski definition) is 1. The second-order valence-corrected chi connectivity index (χ2v) is 7.65. The Morgan fingerprint density at radius 1 is 1.07 bits per heavy atom. The molecule has 27 heavy (non-hydrogen) atoms. The highest BCUT2D eigenvalue weighted by Gasteiger charge is 2.18. The number of nitrogens with zero attached hydrogens (tertiary/aromatic N) is 2. The monoisotopic (exact) mass is 425 g/mol. The molecule has 1 atom stereocenters. The molecule has 1 aromatic heterocycles. The molecule has 0 unspecified atom stereocenters. The number of aromatic nitrogens is 2. The molecule has 0 aliphatic carbocycles. The van der Waals surface area contributed by atoms with Gasteiger partial charge in [-0.15, -0.1) is 0 Å². The van der Waals surface area contributed by atoms with Gasteiger partial charge in [0.05, 0.1) is 11.7 Å². The number of carbonyl (C=O) groups excluding carboxylic acids is 1. The van der Waals surface area contributed by atoms with Gasteiger partial charge in [0, 0.05) is 23.6 Å². The van der Waals surface area contributed by atoms with Crippen molar-refractivity contribution in [3.63, 3.8) is 0 Å². The molecule has 0 aliphatic rings. The van der Waals surface area contributed by atoms with Crippen LogP contribution in [0.1, 0.15) is 40.5 Å². The van der Waals surface area contributed by atoms with E-state index >= 15 is 0 Å². The van der Waals surface area contributed by atoms with Crippen LogP contribution in [-0.4, -0.2) is 15.7 Å². The lowest BCUT2D eigenvalue weighted by atomic mass is 9.98. The summed E-state index contributed by atoms with van der Waals surface area (Å²) in [7, 11) is 1.94. The first kappa shape index (κ1) is 19.4. The highest BCUT2D eigenvalue weighted by molar-refractivity contribution is 9.10. The predicted octanol–water partition coefficient (Wildman–Crippen LogP) is 4.64. The van der Waals surface area contributed by atoms with Gasteiger partial charge in [-0.25, -0.2) is 0 Å². The summed E-state index contributed by atoms with van der Waals surface area (Å²) in [5.74, 6) is 0.0365. The molecule has 0 radical (unpaired) electrons. The van der Waals surface area contributed by atoms with Crippen LogP contribution >= 0.6 is 15.9 Å². The van der Waals surface area contributed by atoms with E-state index in [2.05, 4.69) is 26.3 Å². The Kier molecular flexibility index (Phi) is 6.11. The van der Waals surface area contributed by atoms with Crippen molar-refractivity contribution in [1.29, 1.82) is 0 Å². The minimum absolute atomic E-state index is 0.0365. The van der Waals surface area contributed by atoms with Gasteiger partial charge in [0.1, 0.15) is 0 Å². The topological polar surface area (TPSA) is 46.9 Å². The summed E-state index contributed by atoms with van der Waals surface area (Å²) >= 11 is 3.47. The van der Waals surface area contributed by atoms with E-state index in [-0.39, 0.29) is 11.9 Å². The van der Waals surface area contributed by atoms with Crippen molar-refractivity contribution in [1.82, 2.24) is 15.1 Å². The highest BCUT2D eigenvalue weighted by Crippen LogP contribution is 2.24. The standard InChI is InChI=1S/C22H24BrN3O/c1-15-20(16(2)26(3)25-15)13-14-21(27)24-22(17-7-5-4-6-8-17)18-9-11-19(23)12-10-18/h4-12,22H,13-14H2,1-3H3,(H,24,27)/t22-/m0/s1. The molecule has 140 valence electrons. The van der Waals surface area contributed by atoms with Crippen LogP contribution in [0.25, 0.3) is 0 Å². The molecule has 0 saturated heterocycles. The molecule has 0 bridgehead atoms. The van der Waals surface area contributed by atoms with Crippen LogP contribution in [-0.2, 0) is 18.3 Å². The Morgan fingerprint density at radius 3 is 2.30 bits per heavy atom. The Balaban J connectivity index is 1.75. The number of halogens is 1. The molecule has 0 aliphatic heterocycles. The van der Waals surface area contributed by atoms with Crippen LogP contribution in [0.15, 0.2) is 59.1 Å². The smallest absolute Gasteiger partial charge is 0.221 e. The molecular formula is C22H24BrN3O. The Morgan fingerprint density at radius 2 is 1.70 bits per heavy atom. The van der Waals surface area contributed by atoms with Crippen LogP contribution in [0.2, 0.25) is 0 Å². The Labute approximate surface area is 168 Å². The van der Waals surface area contributed by atoms with Gasteiger partial charge in [-0.3, -0.25) is 9.48 Å². The van der Waals surface area contributed by atoms with E-state index in [0.29, 0.717) is 12.8 Å². The summed E-state index contributed by atoms with van der Waals surface area (Å²) in [4.78, 5) is 12.7. The van der Waals surface area contributed by atoms with Crippen LogP contribution in [0.4, 0.5) is 0 Å². The minimum atomic E-state index is -0.164. The van der Waals surface area contributed by atoms with Gasteiger partial charge in [0.2, 0.25) is 5.91 Å². The summed E-state index contributed by atoms with van der Waals surface area (Å²) in [6.45, 7) is 4.04. The molecule has 0 saturated carbocycles. The van der Waals surface area contributed by atoms with Crippen LogP contribution in [0, 0.1) is 13.8 Å². The van der Waals surface area contributed by atoms with Crippen molar-refractivity contribution in [3.05, 3.63) is 87.1 Å². The first-order chi connectivity index (χ1) is 13.0. The van der Waals surface area contributed by atoms with Gasteiger partial charge < -0.3 is 5.32 Å². The Hall–Kier alpha value is -2.40. The van der Waals surface area contributed by atoms with E-state index < -0.39 is 0 Å². The van der Waals surface area contributed by atoms with Crippen LogP contribution in [0.3, 0.4) is 0 Å². The third-order valence-electron chi connectivity index (χ3n) is 4.90. The van der Waals surface area contributed by atoms with E-state index in [9.17, 15) is 4.79 Å². The second-order valence-electron chi connectivity index (χ2n) is 6.74. The summed E-state index contributed by atoms with van der Waals surface area (Å²) in [6.07, 6.45) is 1.13. The zero-order valence-electron chi connectivity index (χ0n) is 15.9. The number of amides is 1. The van der Waals surface area contributed by atoms with Gasteiger partial charge in [0.25, 0.3) is 0 Å². The van der Waals surface area contributed by atoms with E-state index in [1.807, 2.05) is 80.2 Å². The number of rotatable bonds is 6. The molecular weight excluding hydrogens is 402 g/mol. The lowest BCUT2D eigenvalue weighted by molar-refractivity contribution is -0.121. The van der Waals surface area contributed by atoms with Gasteiger partial charge in [-0.1, -0.05) is 58.4 Å². The predicted molar refractivity (Wildman–Crippen MR) is 112 cm³/mol. The summed E-state index contributed by atoms with van der Waals surface area (Å²) < 4.78 is 2.89. The van der Waals surface area contributed by atoms with Gasteiger partial charge >= 0.3 is 0 Å². The second kappa shape index (κ2) is 8.53. The summed E-state index contributed by atoms with van der Waals surface area (Å²) in [5, 5.41) is 7.64. The zero-order chi connectivity index (χ0) is 19.4. The van der Waals surface area contributed by atoms with Crippen molar-refractivity contribution < 1.29 is 4.79 Å². The zero-order valence-corrected chi connectivity index (χ0v) is 17.5. The molecule has 1 heterocycles. The van der Waals surface area contributed by atoms with Crippen molar-refractivity contribution in [2.45, 2.75) is 32.7 Å². The average Bonchev–Trinajstić information content (AvgIpc) is 2.91. The quantitative estimate of drug-likeness (QED) is 0.625. The van der Waals surface area contributed by atoms with Gasteiger partial charge in [-0.2, -0.15) is 5.10 Å². The number of benzene rings is 2. The molecule has 0 spiro atoms. The Bertz CT molecular complexity index is 917. The molecule has 0 fully saturated rings. The van der Waals surface area contributed by atoms with Crippen molar-refractivity contribution in [2.75, 3.05) is 0 Å². The molecule has 5 heteroatoms. The van der Waals surface area contributed by atoms with E-state index in [1.54, 1.807) is 0 Å². The normalized spacial score (nSPS) is 12.0. The highest BCUT2D eigenvalue weighted by atomic mass is 79.9. The number of hydrogen-bond acceptors (Lipinski definition) is 2. The maximum absolute atomic E-state index is 12.7. The molecule has 3 aromatic rings. The number of aryl methyl sites for hydroxylation is 2. The first-order valence-electron chi connectivity index (χ1n) is 9.04.